The number of nitrogens with two attached hydrogens (primary N) is 1. The SMILES string of the molecule is NC1CCC1.O=S(F)(F)(F)F.O=S(F)(F)=NC1CCC1. The van der Waals surface area contributed by atoms with E-state index in [-0.39, 0.29) is 6.04 Å². The van der Waals surface area contributed by atoms with Crippen LogP contribution in [0, 0.1) is 0 Å². The van der Waals surface area contributed by atoms with Crippen LogP contribution in [0.5, 0.6) is 0 Å². The van der Waals surface area contributed by atoms with Crippen molar-refractivity contribution in [2.24, 2.45) is 10.1 Å². The van der Waals surface area contributed by atoms with Gasteiger partial charge in [-0.2, -0.15) is 12.8 Å². The van der Waals surface area contributed by atoms with Crippen molar-refractivity contribution in [2.75, 3.05) is 0 Å². The standard InChI is InChI=1S/C4H7F2NOS.C4H9N.F4OS/c5-9(6,8)7-4-2-1-3-4;5-4-2-1-3-4;1-6(2,3,4)5/h4H,1-3H2;4H,1-3,5H2;. The van der Waals surface area contributed by atoms with Gasteiger partial charge in [0.1, 0.15) is 0 Å². The molecule has 0 aliphatic heterocycles. The third-order valence-corrected chi connectivity index (χ3v) is 3.04. The van der Waals surface area contributed by atoms with Crippen molar-refractivity contribution in [3.05, 3.63) is 0 Å². The minimum Gasteiger partial charge on any atom is -0.328 e. The molecule has 2 rings (SSSR count). The lowest BCUT2D eigenvalue weighted by molar-refractivity contribution is 0.403. The van der Waals surface area contributed by atoms with E-state index in [9.17, 15) is 27.5 Å². The Bertz CT molecular complexity index is 448. The van der Waals surface area contributed by atoms with Crippen molar-refractivity contribution in [3.8, 4) is 0 Å². The Morgan fingerprint density at radius 2 is 1.30 bits per heavy atom. The molecular formula is C8H16F6N2O2S2. The summed E-state index contributed by atoms with van der Waals surface area (Å²) < 4.78 is 83.4. The van der Waals surface area contributed by atoms with Crippen LogP contribution in [0.25, 0.3) is 0 Å². The smallest absolute Gasteiger partial charge is 0.328 e. The molecule has 0 aromatic heterocycles. The minimum atomic E-state index is -8.10. The summed E-state index contributed by atoms with van der Waals surface area (Å²) >= 11 is 0. The summed E-state index contributed by atoms with van der Waals surface area (Å²) in [6, 6.07) is 0.238. The molecule has 2 fully saturated rings. The Labute approximate surface area is 114 Å². The lowest BCUT2D eigenvalue weighted by Gasteiger charge is -2.18. The zero-order valence-electron chi connectivity index (χ0n) is 10.3. The van der Waals surface area contributed by atoms with E-state index in [1.807, 2.05) is 0 Å². The summed E-state index contributed by atoms with van der Waals surface area (Å²) in [5.74, 6) is 0. The number of hydrogen-bond acceptors (Lipinski definition) is 4. The summed E-state index contributed by atoms with van der Waals surface area (Å²) in [6.45, 7) is 0. The normalized spacial score (nSPS) is 21.6. The fourth-order valence-corrected chi connectivity index (χ4v) is 1.66. The van der Waals surface area contributed by atoms with Gasteiger partial charge in [-0.25, -0.2) is 0 Å². The molecule has 2 aliphatic rings. The second kappa shape index (κ2) is 7.07. The summed E-state index contributed by atoms with van der Waals surface area (Å²) in [5, 5.41) is 0. The van der Waals surface area contributed by atoms with Crippen molar-refractivity contribution < 1.29 is 31.7 Å². The van der Waals surface area contributed by atoms with Gasteiger partial charge in [-0.1, -0.05) is 29.7 Å². The van der Waals surface area contributed by atoms with E-state index in [1.165, 1.54) is 19.3 Å². The maximum Gasteiger partial charge on any atom is 0.456 e. The lowest BCUT2D eigenvalue weighted by Crippen LogP contribution is -2.27. The van der Waals surface area contributed by atoms with Gasteiger partial charge in [0, 0.05) is 6.04 Å². The van der Waals surface area contributed by atoms with Crippen LogP contribution in [-0.4, -0.2) is 20.5 Å². The maximum absolute atomic E-state index is 11.6. The second-order valence-corrected chi connectivity index (χ2v) is 6.59. The quantitative estimate of drug-likeness (QED) is 0.580. The average Bonchev–Trinajstić information content (AvgIpc) is 2.04. The molecule has 0 unspecified atom stereocenters. The average molecular weight is 350 g/mol. The van der Waals surface area contributed by atoms with Crippen LogP contribution < -0.4 is 5.73 Å². The highest BCUT2D eigenvalue weighted by Crippen LogP contribution is 2.31. The maximum atomic E-state index is 11.6. The predicted molar refractivity (Wildman–Crippen MR) is 64.8 cm³/mol. The van der Waals surface area contributed by atoms with Crippen LogP contribution >= 0.6 is 0 Å². The van der Waals surface area contributed by atoms with E-state index in [0.29, 0.717) is 18.9 Å². The molecule has 2 N–H and O–H groups in total. The highest BCUT2D eigenvalue weighted by molar-refractivity contribution is 8.01. The van der Waals surface area contributed by atoms with E-state index >= 15 is 0 Å². The molecule has 2 aliphatic carbocycles. The zero-order valence-corrected chi connectivity index (χ0v) is 12.0. The molecule has 124 valence electrons. The molecule has 0 amide bonds. The molecule has 2 saturated carbocycles. The van der Waals surface area contributed by atoms with Crippen molar-refractivity contribution in [2.45, 2.75) is 50.6 Å². The van der Waals surface area contributed by atoms with Gasteiger partial charge in [0.2, 0.25) is 0 Å². The highest BCUT2D eigenvalue weighted by atomic mass is 32.4. The fraction of sp³-hybridized carbons (Fsp3) is 1.00. The first-order chi connectivity index (χ1) is 8.71. The second-order valence-electron chi connectivity index (χ2n) is 4.38. The first-order valence-corrected chi connectivity index (χ1v) is 8.55. The molecule has 20 heavy (non-hydrogen) atoms. The van der Waals surface area contributed by atoms with Gasteiger partial charge in [0.15, 0.2) is 0 Å². The molecule has 0 atom stereocenters. The summed E-state index contributed by atoms with van der Waals surface area (Å²) in [5.41, 5.74) is 5.38. The van der Waals surface area contributed by atoms with Gasteiger partial charge in [-0.05, 0) is 32.1 Å². The molecular weight excluding hydrogens is 334 g/mol. The fourth-order valence-electron chi connectivity index (χ4n) is 1.11. The van der Waals surface area contributed by atoms with Gasteiger partial charge in [0.25, 0.3) is 0 Å². The molecule has 0 saturated heterocycles. The van der Waals surface area contributed by atoms with E-state index in [0.717, 1.165) is 6.42 Å². The van der Waals surface area contributed by atoms with Crippen LogP contribution in [0.2, 0.25) is 0 Å². The van der Waals surface area contributed by atoms with Crippen LogP contribution in [0.1, 0.15) is 38.5 Å². The molecule has 0 aromatic carbocycles. The van der Waals surface area contributed by atoms with Crippen LogP contribution in [0.3, 0.4) is 0 Å². The van der Waals surface area contributed by atoms with Crippen LogP contribution in [0.4, 0.5) is 23.3 Å². The molecule has 0 spiro atoms. The molecule has 4 nitrogen and oxygen atoms in total. The van der Waals surface area contributed by atoms with Gasteiger partial charge in [-0.3, -0.25) is 0 Å². The van der Waals surface area contributed by atoms with Crippen molar-refractivity contribution in [3.63, 3.8) is 0 Å². The lowest BCUT2D eigenvalue weighted by atomic mass is 9.95. The van der Waals surface area contributed by atoms with E-state index < -0.39 is 21.1 Å². The predicted octanol–water partition coefficient (Wildman–Crippen LogP) is 3.62. The Kier molecular flexibility index (Phi) is 6.94. The summed E-state index contributed by atoms with van der Waals surface area (Å²) in [6.07, 6.45) is 6.17. The van der Waals surface area contributed by atoms with E-state index in [1.54, 1.807) is 0 Å². The number of nitrogens with zero attached hydrogens (tertiary/aromatic N) is 1. The molecule has 0 radical (unpaired) electrons. The monoisotopic (exact) mass is 350 g/mol. The first kappa shape index (κ1) is 19.6. The third kappa shape index (κ3) is 17.6. The van der Waals surface area contributed by atoms with E-state index in [2.05, 4.69) is 4.36 Å². The Hall–Kier alpha value is -0.360. The minimum absolute atomic E-state index is 0.326. The number of rotatable bonds is 1. The Morgan fingerprint density at radius 1 is 1.00 bits per heavy atom. The largest absolute Gasteiger partial charge is 0.456 e. The van der Waals surface area contributed by atoms with Crippen molar-refractivity contribution in [1.29, 1.82) is 0 Å². The summed E-state index contributed by atoms with van der Waals surface area (Å²) in [7, 11) is -12.9. The first-order valence-electron chi connectivity index (χ1n) is 5.67. The third-order valence-electron chi connectivity index (χ3n) is 2.50. The van der Waals surface area contributed by atoms with E-state index in [4.69, 9.17) is 9.94 Å². The van der Waals surface area contributed by atoms with Gasteiger partial charge in [0.05, 0.1) is 6.04 Å². The molecule has 0 bridgehead atoms. The van der Waals surface area contributed by atoms with Gasteiger partial charge in [-0.15, -0.1) is 0 Å². The Balaban J connectivity index is 0.000000287. The summed E-state index contributed by atoms with van der Waals surface area (Å²) in [4.78, 5) is 0. The van der Waals surface area contributed by atoms with Crippen LogP contribution in [-0.2, 0) is 21.1 Å². The van der Waals surface area contributed by atoms with Gasteiger partial charge >= 0.3 is 21.1 Å². The van der Waals surface area contributed by atoms with Gasteiger partial charge < -0.3 is 5.73 Å². The zero-order chi connectivity index (χ0) is 16.1. The Morgan fingerprint density at radius 3 is 1.35 bits per heavy atom. The van der Waals surface area contributed by atoms with Crippen LogP contribution in [0.15, 0.2) is 4.36 Å². The molecule has 0 aromatic rings. The van der Waals surface area contributed by atoms with Crippen molar-refractivity contribution >= 4 is 21.1 Å². The molecule has 0 heterocycles. The number of hydrogen-bond donors (Lipinski definition) is 1. The topological polar surface area (TPSA) is 72.5 Å². The number of halogens is 6. The highest BCUT2D eigenvalue weighted by Gasteiger charge is 2.33. The molecule has 12 heteroatoms. The van der Waals surface area contributed by atoms with Crippen molar-refractivity contribution in [1.82, 2.24) is 0 Å².